The molecule has 1 saturated heterocycles. The molecule has 0 radical (unpaired) electrons. The summed E-state index contributed by atoms with van der Waals surface area (Å²) in [6.45, 7) is 10.6. The number of nitrogens with one attached hydrogen (secondary N) is 1. The topological polar surface area (TPSA) is 15.3 Å². The van der Waals surface area contributed by atoms with Crippen LogP contribution in [0.15, 0.2) is 0 Å². The quantitative estimate of drug-likeness (QED) is 0.779. The van der Waals surface area contributed by atoms with Crippen LogP contribution >= 0.6 is 11.8 Å². The summed E-state index contributed by atoms with van der Waals surface area (Å²) in [6.07, 6.45) is 4.68. The normalized spacial score (nSPS) is 24.0. The Labute approximate surface area is 99.2 Å². The molecule has 0 aromatic rings. The standard InChI is InChI=1S/C12H26N2S/c1-5-12(6-2)10-14(8-7-13-12)11(3)9-15-4/h11,13H,5-10H2,1-4H3. The minimum absolute atomic E-state index is 0.380. The monoisotopic (exact) mass is 230 g/mol. The highest BCUT2D eigenvalue weighted by Crippen LogP contribution is 2.21. The number of piperazine rings is 1. The fraction of sp³-hybridized carbons (Fsp3) is 1.00. The first-order valence-corrected chi connectivity index (χ1v) is 7.55. The molecule has 0 spiro atoms. The molecule has 1 heterocycles. The van der Waals surface area contributed by atoms with Gasteiger partial charge >= 0.3 is 0 Å². The van der Waals surface area contributed by atoms with Crippen LogP contribution in [0.2, 0.25) is 0 Å². The van der Waals surface area contributed by atoms with Crippen molar-refractivity contribution in [3.05, 3.63) is 0 Å². The van der Waals surface area contributed by atoms with E-state index >= 15 is 0 Å². The van der Waals surface area contributed by atoms with Crippen LogP contribution in [0.25, 0.3) is 0 Å². The Hall–Kier alpha value is 0.270. The first kappa shape index (κ1) is 13.3. The molecule has 1 atom stereocenters. The number of hydrogen-bond donors (Lipinski definition) is 1. The van der Waals surface area contributed by atoms with Gasteiger partial charge in [0.05, 0.1) is 0 Å². The van der Waals surface area contributed by atoms with Crippen LogP contribution in [-0.2, 0) is 0 Å². The maximum Gasteiger partial charge on any atom is 0.0304 e. The van der Waals surface area contributed by atoms with Gasteiger partial charge in [-0.05, 0) is 26.0 Å². The fourth-order valence-electron chi connectivity index (χ4n) is 2.43. The number of nitrogens with zero attached hydrogens (tertiary/aromatic N) is 1. The largest absolute Gasteiger partial charge is 0.309 e. The number of thioether (sulfide) groups is 1. The molecule has 15 heavy (non-hydrogen) atoms. The maximum atomic E-state index is 3.71. The third-order valence-electron chi connectivity index (χ3n) is 3.79. The van der Waals surface area contributed by atoms with E-state index in [2.05, 4.69) is 37.2 Å². The Morgan fingerprint density at radius 3 is 2.60 bits per heavy atom. The van der Waals surface area contributed by atoms with Gasteiger partial charge in [-0.25, -0.2) is 0 Å². The fourth-order valence-corrected chi connectivity index (χ4v) is 3.13. The second-order valence-corrected chi connectivity index (χ2v) is 5.60. The molecular weight excluding hydrogens is 204 g/mol. The first-order chi connectivity index (χ1) is 7.17. The molecule has 0 bridgehead atoms. The molecule has 0 aromatic heterocycles. The van der Waals surface area contributed by atoms with Crippen LogP contribution < -0.4 is 5.32 Å². The zero-order chi connectivity index (χ0) is 11.3. The molecule has 1 N–H and O–H groups in total. The van der Waals surface area contributed by atoms with Gasteiger partial charge in [0.25, 0.3) is 0 Å². The van der Waals surface area contributed by atoms with Gasteiger partial charge in [-0.1, -0.05) is 13.8 Å². The molecule has 0 aromatic carbocycles. The second kappa shape index (κ2) is 6.12. The molecule has 0 aliphatic carbocycles. The lowest BCUT2D eigenvalue weighted by Crippen LogP contribution is -2.61. The first-order valence-electron chi connectivity index (χ1n) is 6.15. The molecule has 0 amide bonds. The van der Waals surface area contributed by atoms with Gasteiger partial charge in [0.1, 0.15) is 0 Å². The molecule has 1 rings (SSSR count). The highest BCUT2D eigenvalue weighted by Gasteiger charge is 2.33. The summed E-state index contributed by atoms with van der Waals surface area (Å²) >= 11 is 1.96. The number of rotatable bonds is 5. The lowest BCUT2D eigenvalue weighted by molar-refractivity contribution is 0.100. The van der Waals surface area contributed by atoms with Crippen LogP contribution in [0.1, 0.15) is 33.6 Å². The second-order valence-electron chi connectivity index (χ2n) is 4.69. The van der Waals surface area contributed by atoms with E-state index in [0.717, 1.165) is 12.6 Å². The summed E-state index contributed by atoms with van der Waals surface area (Å²) < 4.78 is 0. The minimum Gasteiger partial charge on any atom is -0.309 e. The third-order valence-corrected chi connectivity index (χ3v) is 4.61. The lowest BCUT2D eigenvalue weighted by atomic mass is 9.90. The highest BCUT2D eigenvalue weighted by molar-refractivity contribution is 7.98. The van der Waals surface area contributed by atoms with Crippen molar-refractivity contribution in [2.45, 2.75) is 45.2 Å². The van der Waals surface area contributed by atoms with Crippen molar-refractivity contribution in [2.24, 2.45) is 0 Å². The highest BCUT2D eigenvalue weighted by atomic mass is 32.2. The lowest BCUT2D eigenvalue weighted by Gasteiger charge is -2.45. The Bertz CT molecular complexity index is 180. The molecule has 1 aliphatic heterocycles. The van der Waals surface area contributed by atoms with Crippen molar-refractivity contribution in [1.82, 2.24) is 10.2 Å². The molecule has 1 aliphatic rings. The van der Waals surface area contributed by atoms with E-state index in [1.165, 1.54) is 31.7 Å². The van der Waals surface area contributed by atoms with Gasteiger partial charge in [0, 0.05) is 37.0 Å². The van der Waals surface area contributed by atoms with E-state index in [1.807, 2.05) is 11.8 Å². The van der Waals surface area contributed by atoms with E-state index in [1.54, 1.807) is 0 Å². The Kier molecular flexibility index (Phi) is 5.44. The Morgan fingerprint density at radius 2 is 2.07 bits per heavy atom. The summed E-state index contributed by atoms with van der Waals surface area (Å²) in [4.78, 5) is 2.65. The van der Waals surface area contributed by atoms with Crippen molar-refractivity contribution in [2.75, 3.05) is 31.6 Å². The molecule has 2 nitrogen and oxygen atoms in total. The zero-order valence-corrected chi connectivity index (χ0v) is 11.5. The summed E-state index contributed by atoms with van der Waals surface area (Å²) in [5, 5.41) is 3.71. The Balaban J connectivity index is 2.54. The van der Waals surface area contributed by atoms with Crippen molar-refractivity contribution in [1.29, 1.82) is 0 Å². The Morgan fingerprint density at radius 1 is 1.40 bits per heavy atom. The zero-order valence-electron chi connectivity index (χ0n) is 10.7. The SMILES string of the molecule is CCC1(CC)CN(C(C)CSC)CCN1. The smallest absolute Gasteiger partial charge is 0.0304 e. The summed E-state index contributed by atoms with van der Waals surface area (Å²) in [5.74, 6) is 1.25. The van der Waals surface area contributed by atoms with Gasteiger partial charge in [-0.2, -0.15) is 11.8 Å². The van der Waals surface area contributed by atoms with Gasteiger partial charge in [-0.3, -0.25) is 4.90 Å². The molecule has 3 heteroatoms. The van der Waals surface area contributed by atoms with Crippen molar-refractivity contribution < 1.29 is 0 Å². The van der Waals surface area contributed by atoms with Crippen LogP contribution in [-0.4, -0.2) is 48.1 Å². The van der Waals surface area contributed by atoms with Crippen LogP contribution in [0.4, 0.5) is 0 Å². The predicted octanol–water partition coefficient (Wildman–Crippen LogP) is 2.20. The van der Waals surface area contributed by atoms with Crippen LogP contribution in [0, 0.1) is 0 Å². The predicted molar refractivity (Wildman–Crippen MR) is 70.7 cm³/mol. The van der Waals surface area contributed by atoms with Gasteiger partial charge < -0.3 is 5.32 Å². The third kappa shape index (κ3) is 3.36. The average molecular weight is 230 g/mol. The maximum absolute atomic E-state index is 3.71. The molecule has 0 saturated carbocycles. The average Bonchev–Trinajstić information content (AvgIpc) is 2.29. The van der Waals surface area contributed by atoms with Crippen molar-refractivity contribution in [3.8, 4) is 0 Å². The van der Waals surface area contributed by atoms with E-state index < -0.39 is 0 Å². The summed E-state index contributed by atoms with van der Waals surface area (Å²) in [7, 11) is 0. The summed E-state index contributed by atoms with van der Waals surface area (Å²) in [6, 6.07) is 0.722. The number of hydrogen-bond acceptors (Lipinski definition) is 3. The summed E-state index contributed by atoms with van der Waals surface area (Å²) in [5.41, 5.74) is 0.380. The molecular formula is C12H26N2S. The van der Waals surface area contributed by atoms with Gasteiger partial charge in [0.15, 0.2) is 0 Å². The molecule has 1 unspecified atom stereocenters. The van der Waals surface area contributed by atoms with Gasteiger partial charge in [0.2, 0.25) is 0 Å². The van der Waals surface area contributed by atoms with E-state index in [0.29, 0.717) is 5.54 Å². The molecule has 1 fully saturated rings. The van der Waals surface area contributed by atoms with Crippen LogP contribution in [0.3, 0.4) is 0 Å². The van der Waals surface area contributed by atoms with E-state index in [4.69, 9.17) is 0 Å². The van der Waals surface area contributed by atoms with E-state index in [9.17, 15) is 0 Å². The van der Waals surface area contributed by atoms with Crippen LogP contribution in [0.5, 0.6) is 0 Å². The van der Waals surface area contributed by atoms with Crippen molar-refractivity contribution in [3.63, 3.8) is 0 Å². The van der Waals surface area contributed by atoms with Crippen molar-refractivity contribution >= 4 is 11.8 Å². The molecule has 90 valence electrons. The minimum atomic E-state index is 0.380. The van der Waals surface area contributed by atoms with E-state index in [-0.39, 0.29) is 0 Å². The van der Waals surface area contributed by atoms with Gasteiger partial charge in [-0.15, -0.1) is 0 Å².